The molecule has 0 bridgehead atoms. The normalized spacial score (nSPS) is 22.0. The zero-order valence-electron chi connectivity index (χ0n) is 8.03. The lowest BCUT2D eigenvalue weighted by Crippen LogP contribution is -2.36. The second-order valence-corrected chi connectivity index (χ2v) is 4.14. The summed E-state index contributed by atoms with van der Waals surface area (Å²) in [7, 11) is 0. The summed E-state index contributed by atoms with van der Waals surface area (Å²) < 4.78 is 0. The van der Waals surface area contributed by atoms with Gasteiger partial charge in [0.1, 0.15) is 0 Å². The lowest BCUT2D eigenvalue weighted by atomic mass is 9.71. The first-order valence-electron chi connectivity index (χ1n) is 4.99. The minimum absolute atomic E-state index is 0.468. The summed E-state index contributed by atoms with van der Waals surface area (Å²) in [6.45, 7) is 1.94. The molecule has 1 fully saturated rings. The summed E-state index contributed by atoms with van der Waals surface area (Å²) in [5.74, 6) is 0.468. The van der Waals surface area contributed by atoms with Gasteiger partial charge >= 0.3 is 0 Å². The summed E-state index contributed by atoms with van der Waals surface area (Å²) in [6, 6.07) is 9.99. The van der Waals surface area contributed by atoms with Crippen LogP contribution in [0.1, 0.15) is 31.7 Å². The largest absolute Gasteiger partial charge is 0.385 e. The first-order chi connectivity index (χ1) is 6.21. The fourth-order valence-electron chi connectivity index (χ4n) is 1.98. The Bertz CT molecular complexity index is 272. The highest BCUT2D eigenvalue weighted by atomic mass is 16.3. The highest BCUT2D eigenvalue weighted by Crippen LogP contribution is 2.41. The molecule has 1 aliphatic rings. The van der Waals surface area contributed by atoms with Gasteiger partial charge in [-0.3, -0.25) is 0 Å². The molecule has 1 atom stereocenters. The van der Waals surface area contributed by atoms with E-state index in [9.17, 15) is 5.11 Å². The molecule has 0 aliphatic heterocycles. The fourth-order valence-corrected chi connectivity index (χ4v) is 1.98. The summed E-state index contributed by atoms with van der Waals surface area (Å²) >= 11 is 0. The van der Waals surface area contributed by atoms with Crippen molar-refractivity contribution in [2.24, 2.45) is 5.92 Å². The van der Waals surface area contributed by atoms with E-state index in [4.69, 9.17) is 0 Å². The standard InChI is InChI=1S/C12H16O/c1-12(13,11-8-5-9-11)10-6-3-2-4-7-10/h2-4,6-7,11,13H,5,8-9H2,1H3. The van der Waals surface area contributed by atoms with Crippen molar-refractivity contribution in [3.63, 3.8) is 0 Å². The van der Waals surface area contributed by atoms with Crippen LogP contribution in [-0.2, 0) is 5.60 Å². The molecule has 0 heterocycles. The van der Waals surface area contributed by atoms with E-state index in [1.807, 2.05) is 37.3 Å². The Morgan fingerprint density at radius 1 is 1.23 bits per heavy atom. The van der Waals surface area contributed by atoms with Gasteiger partial charge < -0.3 is 5.11 Å². The zero-order valence-corrected chi connectivity index (χ0v) is 8.03. The van der Waals surface area contributed by atoms with Gasteiger partial charge in [-0.05, 0) is 31.2 Å². The maximum atomic E-state index is 10.3. The fraction of sp³-hybridized carbons (Fsp3) is 0.500. The van der Waals surface area contributed by atoms with Gasteiger partial charge in [0, 0.05) is 0 Å². The second-order valence-electron chi connectivity index (χ2n) is 4.14. The van der Waals surface area contributed by atoms with Crippen molar-refractivity contribution < 1.29 is 5.11 Å². The smallest absolute Gasteiger partial charge is 0.0896 e. The second kappa shape index (κ2) is 3.15. The van der Waals surface area contributed by atoms with E-state index in [0.717, 1.165) is 5.56 Å². The maximum Gasteiger partial charge on any atom is 0.0896 e. The molecular weight excluding hydrogens is 160 g/mol. The van der Waals surface area contributed by atoms with Gasteiger partial charge in [0.05, 0.1) is 5.60 Å². The van der Waals surface area contributed by atoms with Gasteiger partial charge in [-0.15, -0.1) is 0 Å². The predicted octanol–water partition coefficient (Wildman–Crippen LogP) is 2.69. The third kappa shape index (κ3) is 1.49. The quantitative estimate of drug-likeness (QED) is 0.734. The molecule has 0 spiro atoms. The van der Waals surface area contributed by atoms with E-state index < -0.39 is 5.60 Å². The highest BCUT2D eigenvalue weighted by molar-refractivity contribution is 5.22. The summed E-state index contributed by atoms with van der Waals surface area (Å²) in [5, 5.41) is 10.3. The van der Waals surface area contributed by atoms with Crippen LogP contribution in [0.25, 0.3) is 0 Å². The van der Waals surface area contributed by atoms with Crippen molar-refractivity contribution in [3.05, 3.63) is 35.9 Å². The Hall–Kier alpha value is -0.820. The predicted molar refractivity (Wildman–Crippen MR) is 53.4 cm³/mol. The van der Waals surface area contributed by atoms with Crippen molar-refractivity contribution in [2.45, 2.75) is 31.8 Å². The number of aliphatic hydroxyl groups is 1. The van der Waals surface area contributed by atoms with E-state index in [-0.39, 0.29) is 0 Å². The Labute approximate surface area is 79.4 Å². The lowest BCUT2D eigenvalue weighted by Gasteiger charge is -2.39. The molecule has 1 heteroatoms. The summed E-state index contributed by atoms with van der Waals surface area (Å²) in [4.78, 5) is 0. The van der Waals surface area contributed by atoms with Gasteiger partial charge in [0.15, 0.2) is 0 Å². The topological polar surface area (TPSA) is 20.2 Å². The average molecular weight is 176 g/mol. The first-order valence-corrected chi connectivity index (χ1v) is 4.99. The third-order valence-electron chi connectivity index (χ3n) is 3.26. The maximum absolute atomic E-state index is 10.3. The zero-order chi connectivity index (χ0) is 9.31. The monoisotopic (exact) mass is 176 g/mol. The van der Waals surface area contributed by atoms with Crippen molar-refractivity contribution in [1.29, 1.82) is 0 Å². The van der Waals surface area contributed by atoms with Gasteiger partial charge in [-0.2, -0.15) is 0 Å². The van der Waals surface area contributed by atoms with Crippen LogP contribution in [0, 0.1) is 5.92 Å². The molecule has 0 saturated heterocycles. The molecule has 1 aromatic rings. The van der Waals surface area contributed by atoms with E-state index in [1.165, 1.54) is 19.3 Å². The number of benzene rings is 1. The Balaban J connectivity index is 2.23. The summed E-state index contributed by atoms with van der Waals surface area (Å²) in [6.07, 6.45) is 3.61. The van der Waals surface area contributed by atoms with Crippen LogP contribution in [0.2, 0.25) is 0 Å². The van der Waals surface area contributed by atoms with E-state index in [1.54, 1.807) is 0 Å². The van der Waals surface area contributed by atoms with Gasteiger partial charge in [-0.1, -0.05) is 36.8 Å². The SMILES string of the molecule is CC(O)(c1ccccc1)C1CCC1. The molecule has 70 valence electrons. The molecular formula is C12H16O. The van der Waals surface area contributed by atoms with Crippen LogP contribution in [-0.4, -0.2) is 5.11 Å². The van der Waals surface area contributed by atoms with Gasteiger partial charge in [0.25, 0.3) is 0 Å². The van der Waals surface area contributed by atoms with Crippen LogP contribution in [0.5, 0.6) is 0 Å². The van der Waals surface area contributed by atoms with Crippen LogP contribution in [0.4, 0.5) is 0 Å². The Morgan fingerprint density at radius 3 is 2.31 bits per heavy atom. The number of hydrogen-bond donors (Lipinski definition) is 1. The number of rotatable bonds is 2. The van der Waals surface area contributed by atoms with Crippen LogP contribution in [0.15, 0.2) is 30.3 Å². The Morgan fingerprint density at radius 2 is 1.85 bits per heavy atom. The van der Waals surface area contributed by atoms with Crippen LogP contribution >= 0.6 is 0 Å². The molecule has 1 N–H and O–H groups in total. The molecule has 1 unspecified atom stereocenters. The highest BCUT2D eigenvalue weighted by Gasteiger charge is 2.37. The van der Waals surface area contributed by atoms with Crippen molar-refractivity contribution >= 4 is 0 Å². The van der Waals surface area contributed by atoms with Crippen molar-refractivity contribution in [1.82, 2.24) is 0 Å². The minimum atomic E-state index is -0.612. The molecule has 0 aromatic heterocycles. The molecule has 13 heavy (non-hydrogen) atoms. The molecule has 2 rings (SSSR count). The van der Waals surface area contributed by atoms with Crippen molar-refractivity contribution in [2.75, 3.05) is 0 Å². The molecule has 1 aliphatic carbocycles. The van der Waals surface area contributed by atoms with E-state index in [2.05, 4.69) is 0 Å². The Kier molecular flexibility index (Phi) is 2.12. The van der Waals surface area contributed by atoms with Crippen LogP contribution < -0.4 is 0 Å². The molecule has 1 saturated carbocycles. The van der Waals surface area contributed by atoms with Gasteiger partial charge in [0.2, 0.25) is 0 Å². The molecule has 0 amide bonds. The number of hydrogen-bond acceptors (Lipinski definition) is 1. The average Bonchev–Trinajstić information content (AvgIpc) is 2.02. The lowest BCUT2D eigenvalue weighted by molar-refractivity contribution is -0.0399. The van der Waals surface area contributed by atoms with Crippen molar-refractivity contribution in [3.8, 4) is 0 Å². The molecule has 1 nitrogen and oxygen atoms in total. The molecule has 1 aromatic carbocycles. The van der Waals surface area contributed by atoms with E-state index in [0.29, 0.717) is 5.92 Å². The third-order valence-corrected chi connectivity index (χ3v) is 3.26. The molecule has 0 radical (unpaired) electrons. The van der Waals surface area contributed by atoms with E-state index >= 15 is 0 Å². The first kappa shape index (κ1) is 8.76. The summed E-state index contributed by atoms with van der Waals surface area (Å²) in [5.41, 5.74) is 0.444. The van der Waals surface area contributed by atoms with Gasteiger partial charge in [-0.25, -0.2) is 0 Å². The van der Waals surface area contributed by atoms with Crippen LogP contribution in [0.3, 0.4) is 0 Å². The minimum Gasteiger partial charge on any atom is -0.385 e.